The molecule has 1 heterocycles. The van der Waals surface area contributed by atoms with E-state index in [1.54, 1.807) is 30.3 Å². The highest BCUT2D eigenvalue weighted by Gasteiger charge is 2.21. The Labute approximate surface area is 203 Å². The lowest BCUT2D eigenvalue weighted by atomic mass is 10.1. The van der Waals surface area contributed by atoms with Crippen molar-refractivity contribution in [2.45, 2.75) is 52.4 Å². The average Bonchev–Trinajstić information content (AvgIpc) is 3.07. The van der Waals surface area contributed by atoms with Gasteiger partial charge >= 0.3 is 0 Å². The van der Waals surface area contributed by atoms with Crippen molar-refractivity contribution < 1.29 is 18.0 Å². The molecule has 2 aromatic carbocycles. The highest BCUT2D eigenvalue weighted by atomic mass is 32.2. The number of hydrogen-bond acceptors (Lipinski definition) is 4. The Morgan fingerprint density at radius 3 is 2.29 bits per heavy atom. The first-order valence-electron chi connectivity index (χ1n) is 11.9. The molecule has 0 atom stereocenters. The minimum Gasteiger partial charge on any atom is -0.339 e. The summed E-state index contributed by atoms with van der Waals surface area (Å²) in [5, 5.41) is 2.86. The number of carbonyl (C=O) groups is 2. The summed E-state index contributed by atoms with van der Waals surface area (Å²) in [5.74, 6) is -0.305. The summed E-state index contributed by atoms with van der Waals surface area (Å²) in [4.78, 5) is 27.6. The second-order valence-corrected chi connectivity index (χ2v) is 10.9. The number of likely N-dealkylation sites (tertiary alicyclic amines) is 1. The molecule has 1 saturated heterocycles. The third kappa shape index (κ3) is 6.82. The van der Waals surface area contributed by atoms with E-state index in [2.05, 4.69) is 5.32 Å². The first-order chi connectivity index (χ1) is 16.2. The van der Waals surface area contributed by atoms with Gasteiger partial charge in [-0.15, -0.1) is 0 Å². The van der Waals surface area contributed by atoms with Gasteiger partial charge in [0.15, 0.2) is 0 Å². The minimum atomic E-state index is -3.49. The highest BCUT2D eigenvalue weighted by molar-refractivity contribution is 7.92. The van der Waals surface area contributed by atoms with Gasteiger partial charge in [0.05, 0.1) is 23.2 Å². The van der Waals surface area contributed by atoms with Gasteiger partial charge in [-0.3, -0.25) is 13.9 Å². The third-order valence-electron chi connectivity index (χ3n) is 6.27. The Bertz CT molecular complexity index is 1120. The van der Waals surface area contributed by atoms with E-state index in [1.807, 2.05) is 30.9 Å². The number of anilines is 2. The van der Waals surface area contributed by atoms with E-state index in [0.717, 1.165) is 49.9 Å². The maximum absolute atomic E-state index is 13.1. The van der Waals surface area contributed by atoms with Crippen molar-refractivity contribution in [2.75, 3.05) is 35.5 Å². The Balaban J connectivity index is 1.63. The number of nitrogens with zero attached hydrogens (tertiary/aromatic N) is 2. The summed E-state index contributed by atoms with van der Waals surface area (Å²) in [6.07, 6.45) is 5.93. The van der Waals surface area contributed by atoms with Crippen LogP contribution in [-0.4, -0.2) is 51.0 Å². The fourth-order valence-corrected chi connectivity index (χ4v) is 5.14. The number of aryl methyl sites for hydroxylation is 2. The lowest BCUT2D eigenvalue weighted by Gasteiger charge is -2.23. The number of nitrogens with one attached hydrogen (secondary N) is 1. The number of rotatable bonds is 8. The number of hydrogen-bond donors (Lipinski definition) is 1. The second kappa shape index (κ2) is 11.5. The number of sulfonamides is 1. The van der Waals surface area contributed by atoms with Gasteiger partial charge in [-0.05, 0) is 68.5 Å². The molecule has 1 N–H and O–H groups in total. The van der Waals surface area contributed by atoms with Gasteiger partial charge in [-0.2, -0.15) is 0 Å². The summed E-state index contributed by atoms with van der Waals surface area (Å²) in [5.41, 5.74) is 3.68. The monoisotopic (exact) mass is 485 g/mol. The first-order valence-corrected chi connectivity index (χ1v) is 13.7. The van der Waals surface area contributed by atoms with Gasteiger partial charge in [0.1, 0.15) is 0 Å². The van der Waals surface area contributed by atoms with Gasteiger partial charge in [-0.1, -0.05) is 31.0 Å². The fourth-order valence-electron chi connectivity index (χ4n) is 4.19. The SMILES string of the molecule is Cc1ccc(N(CCCC(=O)Nc2ccccc2C(=O)N2CCCCCC2)S(C)(=O)=O)cc1C. The van der Waals surface area contributed by atoms with Crippen LogP contribution in [0.1, 0.15) is 60.0 Å². The zero-order chi connectivity index (χ0) is 24.7. The van der Waals surface area contributed by atoms with Gasteiger partial charge in [-0.25, -0.2) is 8.42 Å². The molecule has 7 nitrogen and oxygen atoms in total. The van der Waals surface area contributed by atoms with Crippen molar-refractivity contribution in [1.29, 1.82) is 0 Å². The molecule has 34 heavy (non-hydrogen) atoms. The molecule has 1 aliphatic heterocycles. The van der Waals surface area contributed by atoms with Gasteiger partial charge in [0.2, 0.25) is 15.9 Å². The summed E-state index contributed by atoms with van der Waals surface area (Å²) in [6.45, 7) is 5.59. The molecule has 1 aliphatic rings. The number of para-hydroxylation sites is 1. The van der Waals surface area contributed by atoms with E-state index in [9.17, 15) is 18.0 Å². The van der Waals surface area contributed by atoms with Crippen LogP contribution in [-0.2, 0) is 14.8 Å². The molecule has 2 aromatic rings. The van der Waals surface area contributed by atoms with Crippen molar-refractivity contribution in [1.82, 2.24) is 4.90 Å². The number of benzene rings is 2. The molecule has 0 saturated carbocycles. The van der Waals surface area contributed by atoms with Crippen molar-refractivity contribution in [3.05, 3.63) is 59.2 Å². The maximum Gasteiger partial charge on any atom is 0.255 e. The predicted octanol–water partition coefficient (Wildman–Crippen LogP) is 4.50. The molecule has 0 aliphatic carbocycles. The topological polar surface area (TPSA) is 86.8 Å². The molecule has 0 aromatic heterocycles. The second-order valence-electron chi connectivity index (χ2n) is 9.01. The normalized spacial score (nSPS) is 14.4. The van der Waals surface area contributed by atoms with Gasteiger partial charge < -0.3 is 10.2 Å². The molecule has 1 fully saturated rings. The van der Waals surface area contributed by atoms with E-state index < -0.39 is 10.0 Å². The lowest BCUT2D eigenvalue weighted by molar-refractivity contribution is -0.116. The smallest absolute Gasteiger partial charge is 0.255 e. The highest BCUT2D eigenvalue weighted by Crippen LogP contribution is 2.23. The third-order valence-corrected chi connectivity index (χ3v) is 7.46. The molecule has 8 heteroatoms. The minimum absolute atomic E-state index is 0.0595. The van der Waals surface area contributed by atoms with Crippen LogP contribution >= 0.6 is 0 Å². The lowest BCUT2D eigenvalue weighted by Crippen LogP contribution is -2.33. The molecule has 0 unspecified atom stereocenters. The molecule has 0 spiro atoms. The van der Waals surface area contributed by atoms with E-state index in [4.69, 9.17) is 0 Å². The van der Waals surface area contributed by atoms with Crippen LogP contribution in [0, 0.1) is 13.8 Å². The van der Waals surface area contributed by atoms with Crippen LogP contribution in [0.3, 0.4) is 0 Å². The van der Waals surface area contributed by atoms with Crippen molar-refractivity contribution >= 4 is 33.2 Å². The summed E-state index contributed by atoms with van der Waals surface area (Å²) >= 11 is 0. The molecule has 184 valence electrons. The van der Waals surface area contributed by atoms with Crippen LogP contribution in [0.2, 0.25) is 0 Å². The van der Waals surface area contributed by atoms with E-state index >= 15 is 0 Å². The quantitative estimate of drug-likeness (QED) is 0.596. The van der Waals surface area contributed by atoms with Crippen molar-refractivity contribution in [3.8, 4) is 0 Å². The molecular formula is C26H35N3O4S. The number of carbonyl (C=O) groups excluding carboxylic acids is 2. The van der Waals surface area contributed by atoms with E-state index in [0.29, 0.717) is 23.4 Å². The van der Waals surface area contributed by atoms with Crippen LogP contribution in [0.15, 0.2) is 42.5 Å². The van der Waals surface area contributed by atoms with Crippen molar-refractivity contribution in [2.24, 2.45) is 0 Å². The van der Waals surface area contributed by atoms with Crippen LogP contribution in [0.25, 0.3) is 0 Å². The van der Waals surface area contributed by atoms with Gasteiger partial charge in [0, 0.05) is 26.1 Å². The van der Waals surface area contributed by atoms with Crippen LogP contribution in [0.5, 0.6) is 0 Å². The van der Waals surface area contributed by atoms with E-state index in [1.165, 1.54) is 10.6 Å². The molecular weight excluding hydrogens is 450 g/mol. The van der Waals surface area contributed by atoms with E-state index in [-0.39, 0.29) is 24.8 Å². The number of amides is 2. The Morgan fingerprint density at radius 1 is 0.971 bits per heavy atom. The Kier molecular flexibility index (Phi) is 8.72. The van der Waals surface area contributed by atoms with Crippen molar-refractivity contribution in [3.63, 3.8) is 0 Å². The zero-order valence-electron chi connectivity index (χ0n) is 20.3. The largest absolute Gasteiger partial charge is 0.339 e. The fraction of sp³-hybridized carbons (Fsp3) is 0.462. The first kappa shape index (κ1) is 25.7. The van der Waals surface area contributed by atoms with Gasteiger partial charge in [0.25, 0.3) is 5.91 Å². The molecule has 3 rings (SSSR count). The Hall–Kier alpha value is -2.87. The van der Waals surface area contributed by atoms with Crippen LogP contribution in [0.4, 0.5) is 11.4 Å². The predicted molar refractivity (Wildman–Crippen MR) is 137 cm³/mol. The Morgan fingerprint density at radius 2 is 1.65 bits per heavy atom. The molecule has 0 radical (unpaired) electrons. The summed E-state index contributed by atoms with van der Waals surface area (Å²) in [6, 6.07) is 12.6. The molecule has 0 bridgehead atoms. The summed E-state index contributed by atoms with van der Waals surface area (Å²) in [7, 11) is -3.49. The molecule has 2 amide bonds. The zero-order valence-corrected chi connectivity index (χ0v) is 21.2. The average molecular weight is 486 g/mol. The maximum atomic E-state index is 13.1. The summed E-state index contributed by atoms with van der Waals surface area (Å²) < 4.78 is 26.1. The van der Waals surface area contributed by atoms with Crippen LogP contribution < -0.4 is 9.62 Å². The standard InChI is InChI=1S/C26H35N3O4S/c1-20-14-15-22(19-21(20)2)29(34(3,32)33)18-10-13-25(30)27-24-12-7-6-11-23(24)26(31)28-16-8-4-5-9-17-28/h6-7,11-12,14-15,19H,4-5,8-10,13,16-18H2,1-3H3,(H,27,30).